The number of benzene rings is 1. The topological polar surface area (TPSA) is 59.8 Å². The Bertz CT molecular complexity index is 1120. The molecule has 0 aliphatic carbocycles. The van der Waals surface area contributed by atoms with E-state index >= 15 is 0 Å². The van der Waals surface area contributed by atoms with Crippen LogP contribution >= 0.6 is 0 Å². The Hall–Kier alpha value is -3.37. The molecule has 0 bridgehead atoms. The highest BCUT2D eigenvalue weighted by Gasteiger charge is 2.38. The summed E-state index contributed by atoms with van der Waals surface area (Å²) in [5, 5.41) is 2.72. The van der Waals surface area contributed by atoms with Gasteiger partial charge in [0.25, 0.3) is 5.91 Å². The van der Waals surface area contributed by atoms with Gasteiger partial charge in [-0.2, -0.15) is 26.3 Å². The van der Waals surface area contributed by atoms with E-state index in [1.54, 1.807) is 29.1 Å². The van der Waals surface area contributed by atoms with Crippen molar-refractivity contribution in [2.24, 2.45) is 0 Å². The average molecular weight is 468 g/mol. The van der Waals surface area contributed by atoms with Gasteiger partial charge in [-0.05, 0) is 47.9 Å². The third-order valence-corrected chi connectivity index (χ3v) is 5.51. The van der Waals surface area contributed by atoms with Crippen LogP contribution in [0.4, 0.5) is 26.3 Å². The maximum atomic E-state index is 13.2. The summed E-state index contributed by atoms with van der Waals surface area (Å²) in [5.41, 5.74) is -1.73. The molecule has 1 atom stereocenters. The number of carbonyl (C=O) groups is 1. The molecule has 0 saturated heterocycles. The number of carbonyl (C=O) groups excluding carboxylic acids is 1. The van der Waals surface area contributed by atoms with Crippen LogP contribution in [-0.2, 0) is 31.9 Å². The molecular formula is C22H18F6N4O. The second-order valence-corrected chi connectivity index (χ2v) is 7.81. The lowest BCUT2D eigenvalue weighted by Gasteiger charge is -2.25. The largest absolute Gasteiger partial charge is 0.416 e. The molecule has 0 saturated carbocycles. The molecule has 3 aromatic rings. The second-order valence-electron chi connectivity index (χ2n) is 7.81. The first-order valence-electron chi connectivity index (χ1n) is 10.0. The molecule has 1 N–H and O–H groups in total. The van der Waals surface area contributed by atoms with Crippen LogP contribution < -0.4 is 5.32 Å². The quantitative estimate of drug-likeness (QED) is 0.550. The molecule has 2 aromatic heterocycles. The molecule has 1 aliphatic heterocycles. The first-order chi connectivity index (χ1) is 15.5. The Morgan fingerprint density at radius 1 is 1.03 bits per heavy atom. The molecule has 1 amide bonds. The number of fused-ring (bicyclic) bond motifs is 1. The molecule has 3 heterocycles. The highest BCUT2D eigenvalue weighted by molar-refractivity contribution is 5.92. The summed E-state index contributed by atoms with van der Waals surface area (Å²) >= 11 is 0. The van der Waals surface area contributed by atoms with E-state index in [1.165, 1.54) is 6.20 Å². The number of alkyl halides is 6. The van der Waals surface area contributed by atoms with Gasteiger partial charge < -0.3 is 9.88 Å². The van der Waals surface area contributed by atoms with Gasteiger partial charge in [-0.3, -0.25) is 9.78 Å². The van der Waals surface area contributed by atoms with Crippen LogP contribution in [0.1, 0.15) is 50.9 Å². The van der Waals surface area contributed by atoms with Crippen LogP contribution in [0.25, 0.3) is 0 Å². The molecule has 0 radical (unpaired) electrons. The number of hydrogen-bond donors (Lipinski definition) is 1. The van der Waals surface area contributed by atoms with Gasteiger partial charge in [0.05, 0.1) is 11.1 Å². The minimum atomic E-state index is -4.90. The minimum Gasteiger partial charge on any atom is -0.347 e. The zero-order valence-electron chi connectivity index (χ0n) is 17.0. The Morgan fingerprint density at radius 2 is 1.67 bits per heavy atom. The standard InChI is InChI=1S/C22H18F6N4O/c23-21(24,25)16-7-15(8-17(9-16)22(26,27)28)14-1-2-19-31-18(12-32(19)11-14)20(33)30-10-13-3-5-29-6-4-13/h3-9,12,14H,1-2,10-11H2,(H,30,33). The fraction of sp³-hybridized carbons (Fsp3) is 0.318. The van der Waals surface area contributed by atoms with Gasteiger partial charge in [-0.1, -0.05) is 0 Å². The van der Waals surface area contributed by atoms with E-state index in [0.29, 0.717) is 18.7 Å². The minimum absolute atomic E-state index is 0.0415. The SMILES string of the molecule is O=C(NCc1ccncc1)c1cn2c(n1)CCC(c1cc(C(F)(F)F)cc(C(F)(F)F)c1)C2. The lowest BCUT2D eigenvalue weighted by molar-refractivity contribution is -0.143. The van der Waals surface area contributed by atoms with Crippen molar-refractivity contribution in [1.29, 1.82) is 0 Å². The van der Waals surface area contributed by atoms with Gasteiger partial charge in [0.2, 0.25) is 0 Å². The lowest BCUT2D eigenvalue weighted by atomic mass is 9.89. The van der Waals surface area contributed by atoms with E-state index < -0.39 is 35.3 Å². The lowest BCUT2D eigenvalue weighted by Crippen LogP contribution is -2.23. The van der Waals surface area contributed by atoms with E-state index in [0.717, 1.165) is 17.7 Å². The van der Waals surface area contributed by atoms with Crippen LogP contribution in [0.2, 0.25) is 0 Å². The number of pyridine rings is 1. The molecule has 1 aromatic carbocycles. The predicted molar refractivity (Wildman–Crippen MR) is 105 cm³/mol. The highest BCUT2D eigenvalue weighted by Crippen LogP contribution is 2.39. The number of amides is 1. The maximum absolute atomic E-state index is 13.2. The number of hydrogen-bond acceptors (Lipinski definition) is 3. The number of rotatable bonds is 4. The Kier molecular flexibility index (Phi) is 5.89. The summed E-state index contributed by atoms with van der Waals surface area (Å²) in [7, 11) is 0. The zero-order chi connectivity index (χ0) is 23.8. The van der Waals surface area contributed by atoms with Crippen molar-refractivity contribution >= 4 is 5.91 Å². The molecular weight excluding hydrogens is 450 g/mol. The molecule has 0 spiro atoms. The number of aryl methyl sites for hydroxylation is 1. The second kappa shape index (κ2) is 8.53. The summed E-state index contributed by atoms with van der Waals surface area (Å²) in [4.78, 5) is 20.6. The number of halogens is 6. The molecule has 0 fully saturated rings. The smallest absolute Gasteiger partial charge is 0.347 e. The highest BCUT2D eigenvalue weighted by atomic mass is 19.4. The summed E-state index contributed by atoms with van der Waals surface area (Å²) < 4.78 is 80.8. The first kappa shape index (κ1) is 22.8. The molecule has 1 unspecified atom stereocenters. The van der Waals surface area contributed by atoms with Gasteiger partial charge in [0.15, 0.2) is 0 Å². The Labute approximate surface area is 184 Å². The van der Waals surface area contributed by atoms with Crippen molar-refractivity contribution in [2.75, 3.05) is 0 Å². The van der Waals surface area contributed by atoms with Crippen LogP contribution in [0.15, 0.2) is 48.9 Å². The predicted octanol–water partition coefficient (Wildman–Crippen LogP) is 4.98. The molecule has 174 valence electrons. The molecule has 1 aliphatic rings. The third kappa shape index (κ3) is 5.18. The van der Waals surface area contributed by atoms with Crippen LogP contribution in [0, 0.1) is 0 Å². The van der Waals surface area contributed by atoms with Crippen molar-refractivity contribution < 1.29 is 31.1 Å². The van der Waals surface area contributed by atoms with Gasteiger partial charge in [-0.15, -0.1) is 0 Å². The van der Waals surface area contributed by atoms with Gasteiger partial charge in [0.1, 0.15) is 11.5 Å². The van der Waals surface area contributed by atoms with Crippen molar-refractivity contribution in [2.45, 2.75) is 44.2 Å². The number of imidazole rings is 1. The van der Waals surface area contributed by atoms with E-state index in [2.05, 4.69) is 15.3 Å². The van der Waals surface area contributed by atoms with Crippen molar-refractivity contribution in [3.63, 3.8) is 0 Å². The van der Waals surface area contributed by atoms with Crippen molar-refractivity contribution in [3.05, 3.63) is 82.7 Å². The molecule has 33 heavy (non-hydrogen) atoms. The summed E-state index contributed by atoms with van der Waals surface area (Å²) in [5.74, 6) is -0.449. The summed E-state index contributed by atoms with van der Waals surface area (Å²) in [6, 6.07) is 5.15. The normalized spacial score (nSPS) is 16.4. The number of nitrogens with one attached hydrogen (secondary N) is 1. The first-order valence-corrected chi connectivity index (χ1v) is 10.0. The zero-order valence-corrected chi connectivity index (χ0v) is 17.0. The van der Waals surface area contributed by atoms with Crippen molar-refractivity contribution in [1.82, 2.24) is 19.9 Å². The van der Waals surface area contributed by atoms with Crippen LogP contribution in [0.3, 0.4) is 0 Å². The van der Waals surface area contributed by atoms with Gasteiger partial charge in [0, 0.05) is 44.0 Å². The van der Waals surface area contributed by atoms with Crippen molar-refractivity contribution in [3.8, 4) is 0 Å². The molecule has 11 heteroatoms. The molecule has 5 nitrogen and oxygen atoms in total. The third-order valence-electron chi connectivity index (χ3n) is 5.51. The Morgan fingerprint density at radius 3 is 2.27 bits per heavy atom. The summed E-state index contributed by atoms with van der Waals surface area (Å²) in [6.45, 7) is 0.384. The van der Waals surface area contributed by atoms with Gasteiger partial charge >= 0.3 is 12.4 Å². The Balaban J connectivity index is 1.53. The monoisotopic (exact) mass is 468 g/mol. The number of aromatic nitrogens is 3. The maximum Gasteiger partial charge on any atom is 0.416 e. The number of nitrogens with zero attached hydrogens (tertiary/aromatic N) is 3. The van der Waals surface area contributed by atoms with E-state index in [-0.39, 0.29) is 30.4 Å². The fourth-order valence-electron chi connectivity index (χ4n) is 3.81. The fourth-order valence-corrected chi connectivity index (χ4v) is 3.81. The summed E-state index contributed by atoms with van der Waals surface area (Å²) in [6.07, 6.45) is -4.51. The van der Waals surface area contributed by atoms with Crippen LogP contribution in [-0.4, -0.2) is 20.4 Å². The molecule has 4 rings (SSSR count). The average Bonchev–Trinajstić information content (AvgIpc) is 3.20. The van der Waals surface area contributed by atoms with E-state index in [4.69, 9.17) is 0 Å². The van der Waals surface area contributed by atoms with E-state index in [9.17, 15) is 31.1 Å². The van der Waals surface area contributed by atoms with Gasteiger partial charge in [-0.25, -0.2) is 4.98 Å². The van der Waals surface area contributed by atoms with E-state index in [1.807, 2.05) is 0 Å². The van der Waals surface area contributed by atoms with Crippen LogP contribution in [0.5, 0.6) is 0 Å².